The zero-order valence-electron chi connectivity index (χ0n) is 11.0. The molecule has 6 heteroatoms. The first-order valence-corrected chi connectivity index (χ1v) is 6.14. The maximum atomic E-state index is 14.4. The molecule has 106 valence electrons. The van der Waals surface area contributed by atoms with Gasteiger partial charge in [-0.05, 0) is 18.2 Å². The van der Waals surface area contributed by atoms with Crippen molar-refractivity contribution in [3.05, 3.63) is 53.8 Å². The van der Waals surface area contributed by atoms with Crippen LogP contribution in [0, 0.1) is 5.82 Å². The predicted octanol–water partition coefficient (Wildman–Crippen LogP) is 3.36. The molecule has 3 rings (SSSR count). The topological polar surface area (TPSA) is 44.1 Å². The molecule has 0 aliphatic rings. The van der Waals surface area contributed by atoms with Crippen LogP contribution in [0.2, 0.25) is 0 Å². The summed E-state index contributed by atoms with van der Waals surface area (Å²) in [6.45, 7) is 0. The molecule has 21 heavy (non-hydrogen) atoms. The molecule has 0 bridgehead atoms. The van der Waals surface area contributed by atoms with Gasteiger partial charge in [0.2, 0.25) is 0 Å². The van der Waals surface area contributed by atoms with Gasteiger partial charge in [0.1, 0.15) is 11.0 Å². The minimum atomic E-state index is -0.624. The molecule has 1 heterocycles. The van der Waals surface area contributed by atoms with Gasteiger partial charge in [0.05, 0.1) is 12.7 Å². The number of fused-ring (bicyclic) bond motifs is 1. The van der Waals surface area contributed by atoms with Crippen molar-refractivity contribution >= 4 is 17.0 Å². The number of rotatable bonds is 2. The minimum absolute atomic E-state index is 0.00432. The summed E-state index contributed by atoms with van der Waals surface area (Å²) >= 11 is 0. The second-order valence-corrected chi connectivity index (χ2v) is 4.36. The van der Waals surface area contributed by atoms with Crippen LogP contribution < -0.4 is 0 Å². The zero-order valence-corrected chi connectivity index (χ0v) is 11.0. The molecule has 0 radical (unpaired) electrons. The van der Waals surface area contributed by atoms with E-state index in [1.54, 1.807) is 12.1 Å². The maximum absolute atomic E-state index is 14.4. The van der Waals surface area contributed by atoms with E-state index in [4.69, 9.17) is 0 Å². The molecule has 0 unspecified atom stereocenters. The Morgan fingerprint density at radius 1 is 1.19 bits per heavy atom. The van der Waals surface area contributed by atoms with Gasteiger partial charge in [-0.25, -0.2) is 14.2 Å². The van der Waals surface area contributed by atoms with Crippen LogP contribution in [0.5, 0.6) is 0 Å². The average molecular weight is 288 g/mol. The van der Waals surface area contributed by atoms with Crippen molar-refractivity contribution in [3.63, 3.8) is 0 Å². The quantitative estimate of drug-likeness (QED) is 0.679. The van der Waals surface area contributed by atoms with Crippen molar-refractivity contribution in [2.24, 2.45) is 0 Å². The van der Waals surface area contributed by atoms with E-state index in [9.17, 15) is 13.7 Å². The molecule has 3 aromatic rings. The van der Waals surface area contributed by atoms with E-state index >= 15 is 0 Å². The van der Waals surface area contributed by atoms with Gasteiger partial charge >= 0.3 is 5.97 Å². The van der Waals surface area contributed by atoms with Crippen LogP contribution in [0.3, 0.4) is 0 Å². The highest BCUT2D eigenvalue weighted by molar-refractivity contribution is 5.97. The van der Waals surface area contributed by atoms with E-state index in [-0.39, 0.29) is 32.8 Å². The Labute approximate surface area is 118 Å². The van der Waals surface area contributed by atoms with Crippen LogP contribution in [0.25, 0.3) is 22.4 Å². The van der Waals surface area contributed by atoms with Gasteiger partial charge in [0.15, 0.2) is 11.6 Å². The third-order valence-electron chi connectivity index (χ3n) is 3.15. The van der Waals surface area contributed by atoms with Crippen LogP contribution in [0.4, 0.5) is 8.87 Å². The molecular formula is C15H10F2N2O2. The summed E-state index contributed by atoms with van der Waals surface area (Å²) in [7, 11) is 1.23. The van der Waals surface area contributed by atoms with Crippen molar-refractivity contribution < 1.29 is 18.4 Å². The van der Waals surface area contributed by atoms with Crippen molar-refractivity contribution in [2.75, 3.05) is 7.11 Å². The van der Waals surface area contributed by atoms with Crippen molar-refractivity contribution in [1.29, 1.82) is 0 Å². The van der Waals surface area contributed by atoms with Gasteiger partial charge in [0.25, 0.3) is 0 Å². The maximum Gasteiger partial charge on any atom is 0.338 e. The van der Waals surface area contributed by atoms with E-state index in [1.807, 2.05) is 0 Å². The number of benzene rings is 2. The molecule has 0 saturated carbocycles. The molecule has 1 aromatic heterocycles. The lowest BCUT2D eigenvalue weighted by atomic mass is 10.1. The number of halogens is 2. The van der Waals surface area contributed by atoms with Crippen LogP contribution in [-0.2, 0) is 4.74 Å². The predicted molar refractivity (Wildman–Crippen MR) is 73.0 cm³/mol. The van der Waals surface area contributed by atoms with Crippen LogP contribution in [0.1, 0.15) is 10.4 Å². The second-order valence-electron chi connectivity index (χ2n) is 4.36. The second kappa shape index (κ2) is 4.97. The normalized spacial score (nSPS) is 10.8. The highest BCUT2D eigenvalue weighted by atomic mass is 19.2. The number of carbonyl (C=O) groups excluding carboxylic acids is 1. The molecule has 0 aliphatic carbocycles. The minimum Gasteiger partial charge on any atom is -0.465 e. The fourth-order valence-corrected chi connectivity index (χ4v) is 2.17. The lowest BCUT2D eigenvalue weighted by Crippen LogP contribution is -2.04. The summed E-state index contributed by atoms with van der Waals surface area (Å²) in [4.78, 5) is 16.0. The Hall–Kier alpha value is -2.76. The molecule has 0 atom stereocenters. The molecule has 0 N–H and O–H groups in total. The summed E-state index contributed by atoms with van der Waals surface area (Å²) in [6, 6.07) is 10.3. The van der Waals surface area contributed by atoms with E-state index in [2.05, 4.69) is 9.72 Å². The lowest BCUT2D eigenvalue weighted by Gasteiger charge is -2.05. The molecule has 0 aliphatic heterocycles. The number of hydrogen-bond acceptors (Lipinski definition) is 3. The summed E-state index contributed by atoms with van der Waals surface area (Å²) in [5.74, 6) is -1.38. The molecule has 0 amide bonds. The van der Waals surface area contributed by atoms with E-state index in [0.29, 0.717) is 0 Å². The Bertz CT molecular complexity index is 843. The Balaban J connectivity index is 2.29. The molecule has 4 nitrogen and oxygen atoms in total. The summed E-state index contributed by atoms with van der Waals surface area (Å²) in [5.41, 5.74) is 0.316. The fraction of sp³-hybridized carbons (Fsp3) is 0.0667. The Morgan fingerprint density at radius 3 is 2.67 bits per heavy atom. The molecule has 0 fully saturated rings. The van der Waals surface area contributed by atoms with Crippen LogP contribution in [-0.4, -0.2) is 22.9 Å². The van der Waals surface area contributed by atoms with E-state index in [0.717, 1.165) is 0 Å². The van der Waals surface area contributed by atoms with E-state index < -0.39 is 11.8 Å². The first-order valence-electron chi connectivity index (χ1n) is 6.14. The Morgan fingerprint density at radius 2 is 1.95 bits per heavy atom. The van der Waals surface area contributed by atoms with Crippen LogP contribution >= 0.6 is 0 Å². The van der Waals surface area contributed by atoms with Crippen molar-refractivity contribution in [3.8, 4) is 11.4 Å². The average Bonchev–Trinajstić information content (AvgIpc) is 2.85. The van der Waals surface area contributed by atoms with Gasteiger partial charge < -0.3 is 4.74 Å². The molecule has 0 spiro atoms. The zero-order chi connectivity index (χ0) is 15.0. The van der Waals surface area contributed by atoms with Crippen molar-refractivity contribution in [2.45, 2.75) is 0 Å². The molecule has 2 aromatic carbocycles. The smallest absolute Gasteiger partial charge is 0.338 e. The van der Waals surface area contributed by atoms with Gasteiger partial charge in [-0.2, -0.15) is 4.79 Å². The number of ether oxygens (including phenoxy) is 1. The SMILES string of the molecule is COC(=O)c1ccccc1-c1nc2c(F)cccc2n1F. The number of carbonyl (C=O) groups is 1. The number of aromatic nitrogens is 2. The summed E-state index contributed by atoms with van der Waals surface area (Å²) in [6.07, 6.45) is 0. The number of imidazole rings is 1. The summed E-state index contributed by atoms with van der Waals surface area (Å²) < 4.78 is 32.7. The summed E-state index contributed by atoms with van der Waals surface area (Å²) in [5, 5.41) is 0. The monoisotopic (exact) mass is 288 g/mol. The third-order valence-corrected chi connectivity index (χ3v) is 3.15. The first kappa shape index (κ1) is 13.2. The Kier molecular flexibility index (Phi) is 3.13. The molecule has 0 saturated heterocycles. The highest BCUT2D eigenvalue weighted by Crippen LogP contribution is 2.28. The molecular weight excluding hydrogens is 278 g/mol. The third kappa shape index (κ3) is 2.05. The van der Waals surface area contributed by atoms with Gasteiger partial charge in [-0.15, -0.1) is 0 Å². The van der Waals surface area contributed by atoms with Crippen molar-refractivity contribution in [1.82, 2.24) is 9.77 Å². The number of nitrogens with zero attached hydrogens (tertiary/aromatic N) is 2. The largest absolute Gasteiger partial charge is 0.465 e. The number of methoxy groups -OCH3 is 1. The standard InChI is InChI=1S/C15H10F2N2O2/c1-21-15(20)10-6-3-2-5-9(10)14-18-13-11(16)7-4-8-12(13)19(14)17/h2-8H,1H3. The fourth-order valence-electron chi connectivity index (χ4n) is 2.17. The van der Waals surface area contributed by atoms with Gasteiger partial charge in [-0.3, -0.25) is 0 Å². The lowest BCUT2D eigenvalue weighted by molar-refractivity contribution is 0.0601. The van der Waals surface area contributed by atoms with Gasteiger partial charge in [-0.1, -0.05) is 28.7 Å². The number of hydrogen-bond donors (Lipinski definition) is 0. The van der Waals surface area contributed by atoms with E-state index in [1.165, 1.54) is 37.4 Å². The van der Waals surface area contributed by atoms with Gasteiger partial charge in [0, 0.05) is 5.56 Å². The highest BCUT2D eigenvalue weighted by Gasteiger charge is 2.20. The number of para-hydroxylation sites is 1. The van der Waals surface area contributed by atoms with Crippen LogP contribution in [0.15, 0.2) is 42.5 Å². The first-order chi connectivity index (χ1) is 10.1. The number of esters is 1.